The van der Waals surface area contributed by atoms with Gasteiger partial charge in [-0.05, 0) is 11.5 Å². The molecule has 1 aliphatic rings. The van der Waals surface area contributed by atoms with Crippen LogP contribution in [0.15, 0.2) is 60.7 Å². The van der Waals surface area contributed by atoms with Crippen molar-refractivity contribution < 1.29 is 14.1 Å². The molecule has 2 aromatic rings. The van der Waals surface area contributed by atoms with Crippen LogP contribution in [0.3, 0.4) is 0 Å². The molecular formula is C21H24NO2+. The van der Waals surface area contributed by atoms with E-state index in [0.717, 1.165) is 12.0 Å². The summed E-state index contributed by atoms with van der Waals surface area (Å²) >= 11 is 0. The normalized spacial score (nSPS) is 22.6. The fourth-order valence-corrected chi connectivity index (χ4v) is 3.10. The summed E-state index contributed by atoms with van der Waals surface area (Å²) in [5.41, 5.74) is 2.20. The first-order chi connectivity index (χ1) is 11.6. The summed E-state index contributed by atoms with van der Waals surface area (Å²) in [4.78, 5) is 12.2. The van der Waals surface area contributed by atoms with Crippen LogP contribution < -0.4 is 0 Å². The summed E-state index contributed by atoms with van der Waals surface area (Å²) < 4.78 is 7.93. The number of ether oxygens (including phenoxy) is 1. The van der Waals surface area contributed by atoms with Gasteiger partial charge in [-0.1, -0.05) is 74.5 Å². The SMILES string of the molecule is CC(C)CC=[N+]1CC(=O)O[C@H](c2ccccc2)[C@@H]1c1ccccc1. The van der Waals surface area contributed by atoms with Gasteiger partial charge < -0.3 is 4.74 Å². The standard InChI is InChI=1S/C21H24NO2/c1-16(2)13-14-22-15-19(23)24-21(18-11-7-4-8-12-18)20(22)17-9-5-3-6-10-17/h3-12,14,16,20-21H,13,15H2,1-2H3/q+1/t20-,21+/m0/s1. The largest absolute Gasteiger partial charge is 0.445 e. The van der Waals surface area contributed by atoms with Crippen molar-refractivity contribution in [1.29, 1.82) is 0 Å². The molecule has 0 aliphatic carbocycles. The van der Waals surface area contributed by atoms with Gasteiger partial charge in [0.2, 0.25) is 12.6 Å². The first-order valence-corrected chi connectivity index (χ1v) is 8.53. The molecule has 0 saturated carbocycles. The Morgan fingerprint density at radius 1 is 1.04 bits per heavy atom. The Hall–Kier alpha value is -2.42. The lowest BCUT2D eigenvalue weighted by Gasteiger charge is -2.29. The van der Waals surface area contributed by atoms with E-state index in [1.165, 1.54) is 5.56 Å². The average Bonchev–Trinajstić information content (AvgIpc) is 2.61. The Morgan fingerprint density at radius 3 is 2.21 bits per heavy atom. The van der Waals surface area contributed by atoms with E-state index in [2.05, 4.69) is 36.8 Å². The number of carbonyl (C=O) groups is 1. The van der Waals surface area contributed by atoms with Crippen LogP contribution in [0.25, 0.3) is 0 Å². The number of benzene rings is 2. The summed E-state index contributed by atoms with van der Waals surface area (Å²) in [7, 11) is 0. The minimum atomic E-state index is -0.293. The van der Waals surface area contributed by atoms with E-state index in [4.69, 9.17) is 4.74 Å². The monoisotopic (exact) mass is 322 g/mol. The van der Waals surface area contributed by atoms with Gasteiger partial charge in [0.1, 0.15) is 6.21 Å². The van der Waals surface area contributed by atoms with Crippen molar-refractivity contribution in [2.45, 2.75) is 32.4 Å². The smallest absolute Gasteiger partial charge is 0.373 e. The number of hydrogen-bond donors (Lipinski definition) is 0. The van der Waals surface area contributed by atoms with Crippen LogP contribution in [0, 0.1) is 5.92 Å². The van der Waals surface area contributed by atoms with Gasteiger partial charge in [-0.25, -0.2) is 9.37 Å². The zero-order valence-electron chi connectivity index (χ0n) is 14.3. The second-order valence-corrected chi connectivity index (χ2v) is 6.66. The van der Waals surface area contributed by atoms with E-state index in [-0.39, 0.29) is 18.1 Å². The highest BCUT2D eigenvalue weighted by Crippen LogP contribution is 2.37. The maximum atomic E-state index is 12.2. The quantitative estimate of drug-likeness (QED) is 0.625. The number of nitrogens with zero attached hydrogens (tertiary/aromatic N) is 1. The van der Waals surface area contributed by atoms with Gasteiger partial charge >= 0.3 is 5.97 Å². The number of hydrogen-bond acceptors (Lipinski definition) is 2. The Balaban J connectivity index is 2.04. The predicted molar refractivity (Wildman–Crippen MR) is 95.1 cm³/mol. The molecule has 3 heteroatoms. The molecular weight excluding hydrogens is 298 g/mol. The molecule has 0 amide bonds. The number of rotatable bonds is 4. The molecule has 0 N–H and O–H groups in total. The van der Waals surface area contributed by atoms with E-state index < -0.39 is 0 Å². The average molecular weight is 322 g/mol. The molecule has 0 aromatic heterocycles. The molecule has 1 heterocycles. The summed E-state index contributed by atoms with van der Waals surface area (Å²) in [6.45, 7) is 4.67. The van der Waals surface area contributed by atoms with Crippen molar-refractivity contribution in [1.82, 2.24) is 0 Å². The summed E-state index contributed by atoms with van der Waals surface area (Å²) in [6, 6.07) is 20.3. The Bertz CT molecular complexity index is 707. The fourth-order valence-electron chi connectivity index (χ4n) is 3.10. The molecule has 3 nitrogen and oxygen atoms in total. The van der Waals surface area contributed by atoms with Crippen LogP contribution in [0.5, 0.6) is 0 Å². The van der Waals surface area contributed by atoms with Crippen molar-refractivity contribution in [2.24, 2.45) is 5.92 Å². The number of esters is 1. The molecule has 0 bridgehead atoms. The Kier molecular flexibility index (Phi) is 5.09. The van der Waals surface area contributed by atoms with Crippen LogP contribution in [-0.2, 0) is 9.53 Å². The molecule has 124 valence electrons. The highest BCUT2D eigenvalue weighted by molar-refractivity contribution is 5.72. The van der Waals surface area contributed by atoms with Crippen LogP contribution >= 0.6 is 0 Å². The van der Waals surface area contributed by atoms with E-state index >= 15 is 0 Å². The molecule has 0 radical (unpaired) electrons. The van der Waals surface area contributed by atoms with Crippen LogP contribution in [-0.4, -0.2) is 23.3 Å². The number of cyclic esters (lactones) is 1. The molecule has 1 fully saturated rings. The summed E-state index contributed by atoms with van der Waals surface area (Å²) in [5.74, 6) is 0.380. The molecule has 1 aliphatic heterocycles. The van der Waals surface area contributed by atoms with E-state index in [9.17, 15) is 4.79 Å². The molecule has 0 spiro atoms. The van der Waals surface area contributed by atoms with Crippen molar-refractivity contribution in [2.75, 3.05) is 6.54 Å². The molecule has 2 aromatic carbocycles. The zero-order chi connectivity index (χ0) is 16.9. The minimum absolute atomic E-state index is 0.00468. The van der Waals surface area contributed by atoms with E-state index in [1.807, 2.05) is 48.5 Å². The second kappa shape index (κ2) is 7.43. The van der Waals surface area contributed by atoms with Gasteiger partial charge in [-0.15, -0.1) is 0 Å². The van der Waals surface area contributed by atoms with Gasteiger partial charge in [0.25, 0.3) is 0 Å². The van der Waals surface area contributed by atoms with Crippen LogP contribution in [0.4, 0.5) is 0 Å². The third-order valence-corrected chi connectivity index (χ3v) is 4.29. The highest BCUT2D eigenvalue weighted by Gasteiger charge is 2.42. The van der Waals surface area contributed by atoms with E-state index in [1.54, 1.807) is 0 Å². The maximum Gasteiger partial charge on any atom is 0.373 e. The lowest BCUT2D eigenvalue weighted by atomic mass is 9.93. The van der Waals surface area contributed by atoms with Gasteiger partial charge in [-0.3, -0.25) is 0 Å². The van der Waals surface area contributed by atoms with Crippen molar-refractivity contribution in [3.8, 4) is 0 Å². The molecule has 2 atom stereocenters. The fraction of sp³-hybridized carbons (Fsp3) is 0.333. The van der Waals surface area contributed by atoms with Gasteiger partial charge in [0.05, 0.1) is 0 Å². The third-order valence-electron chi connectivity index (χ3n) is 4.29. The predicted octanol–water partition coefficient (Wildman–Crippen LogP) is 4.16. The summed E-state index contributed by atoms with van der Waals surface area (Å²) in [5, 5.41) is 0. The zero-order valence-corrected chi connectivity index (χ0v) is 14.3. The Morgan fingerprint density at radius 2 is 1.62 bits per heavy atom. The van der Waals surface area contributed by atoms with Gasteiger partial charge in [0, 0.05) is 12.0 Å². The van der Waals surface area contributed by atoms with E-state index in [0.29, 0.717) is 12.5 Å². The van der Waals surface area contributed by atoms with Gasteiger partial charge in [0.15, 0.2) is 6.10 Å². The lowest BCUT2D eigenvalue weighted by Crippen LogP contribution is -2.39. The molecule has 1 saturated heterocycles. The van der Waals surface area contributed by atoms with Gasteiger partial charge in [-0.2, -0.15) is 0 Å². The highest BCUT2D eigenvalue weighted by atomic mass is 16.5. The maximum absolute atomic E-state index is 12.2. The lowest BCUT2D eigenvalue weighted by molar-refractivity contribution is -0.585. The molecule has 0 unspecified atom stereocenters. The number of carbonyl (C=O) groups excluding carboxylic acids is 1. The van der Waals surface area contributed by atoms with Crippen LogP contribution in [0.1, 0.15) is 43.5 Å². The first kappa shape index (κ1) is 16.4. The third kappa shape index (κ3) is 3.73. The minimum Gasteiger partial charge on any atom is -0.445 e. The number of morpholine rings is 1. The van der Waals surface area contributed by atoms with Crippen molar-refractivity contribution >= 4 is 12.2 Å². The van der Waals surface area contributed by atoms with Crippen LogP contribution in [0.2, 0.25) is 0 Å². The second-order valence-electron chi connectivity index (χ2n) is 6.66. The summed E-state index contributed by atoms with van der Waals surface area (Å²) in [6.07, 6.45) is 2.81. The first-order valence-electron chi connectivity index (χ1n) is 8.53. The molecule has 24 heavy (non-hydrogen) atoms. The van der Waals surface area contributed by atoms with Crippen molar-refractivity contribution in [3.05, 3.63) is 71.8 Å². The Labute approximate surface area is 143 Å². The van der Waals surface area contributed by atoms with Crippen molar-refractivity contribution in [3.63, 3.8) is 0 Å². The molecule has 3 rings (SSSR count). The topological polar surface area (TPSA) is 29.3 Å².